The van der Waals surface area contributed by atoms with Crippen molar-refractivity contribution in [3.8, 4) is 5.75 Å². The molecular weight excluding hydrogens is 389 g/mol. The molecule has 135 valence electrons. The van der Waals surface area contributed by atoms with Crippen LogP contribution in [0, 0.1) is 20.8 Å². The molecule has 0 bridgehead atoms. The molecule has 0 atom stereocenters. The van der Waals surface area contributed by atoms with Crippen LogP contribution in [0.3, 0.4) is 0 Å². The maximum absolute atomic E-state index is 9.95. The van der Waals surface area contributed by atoms with Crippen LogP contribution in [-0.4, -0.2) is 33.3 Å². The van der Waals surface area contributed by atoms with Gasteiger partial charge in [0.25, 0.3) is 0 Å². The molecule has 0 aliphatic carbocycles. The zero-order valence-electron chi connectivity index (χ0n) is 16.5. The van der Waals surface area contributed by atoms with Gasteiger partial charge >= 0.3 is 26.2 Å². The molecular formula is C20H30N3OZr. The Morgan fingerprint density at radius 2 is 1.16 bits per heavy atom. The van der Waals surface area contributed by atoms with Gasteiger partial charge in [-0.3, -0.25) is 0 Å². The molecule has 2 aromatic rings. The first kappa shape index (κ1) is 26.1. The number of aryl methyl sites for hydroxylation is 3. The van der Waals surface area contributed by atoms with Crippen molar-refractivity contribution in [1.29, 1.82) is 0 Å². The van der Waals surface area contributed by atoms with E-state index in [9.17, 15) is 5.11 Å². The summed E-state index contributed by atoms with van der Waals surface area (Å²) in [6, 6.07) is 11.9. The van der Waals surface area contributed by atoms with Gasteiger partial charge in [0.15, 0.2) is 0 Å². The number of hydrogen-bond donors (Lipinski definition) is 1. The fraction of sp³-hybridized carbons (Fsp3) is 0.400. The number of aromatic hydroxyl groups is 1. The number of para-hydroxylation sites is 2. The van der Waals surface area contributed by atoms with E-state index in [4.69, 9.17) is 0 Å². The molecule has 0 aliphatic rings. The van der Waals surface area contributed by atoms with Gasteiger partial charge in [0, 0.05) is 0 Å². The zero-order chi connectivity index (χ0) is 18.5. The Morgan fingerprint density at radius 1 is 0.760 bits per heavy atom. The van der Waals surface area contributed by atoms with Crippen LogP contribution in [0.2, 0.25) is 0 Å². The molecule has 0 amide bonds. The van der Waals surface area contributed by atoms with Crippen LogP contribution in [0.25, 0.3) is 16.0 Å². The fourth-order valence-electron chi connectivity index (χ4n) is 2.07. The summed E-state index contributed by atoms with van der Waals surface area (Å²) in [4.78, 5) is 0. The summed E-state index contributed by atoms with van der Waals surface area (Å²) in [5.74, 6) is 0.354. The summed E-state index contributed by atoms with van der Waals surface area (Å²) in [5, 5.41) is 21.6. The summed E-state index contributed by atoms with van der Waals surface area (Å²) < 4.78 is 0. The Morgan fingerprint density at radius 3 is 1.64 bits per heavy atom. The van der Waals surface area contributed by atoms with Crippen LogP contribution < -0.4 is 0 Å². The third-order valence-electron chi connectivity index (χ3n) is 3.17. The van der Waals surface area contributed by atoms with Crippen molar-refractivity contribution in [3.63, 3.8) is 0 Å². The van der Waals surface area contributed by atoms with E-state index in [0.29, 0.717) is 12.3 Å². The predicted octanol–water partition coefficient (Wildman–Crippen LogP) is 5.76. The number of nitrogens with zero attached hydrogens (tertiary/aromatic N) is 3. The van der Waals surface area contributed by atoms with Crippen LogP contribution in [-0.2, 0) is 32.7 Å². The van der Waals surface area contributed by atoms with Crippen LogP contribution in [0.5, 0.6) is 5.75 Å². The van der Waals surface area contributed by atoms with E-state index in [2.05, 4.69) is 41.9 Å². The molecule has 4 nitrogen and oxygen atoms in total. The summed E-state index contributed by atoms with van der Waals surface area (Å²) in [6.45, 7) is 6.53. The Balaban J connectivity index is 0. The van der Waals surface area contributed by atoms with E-state index in [1.54, 1.807) is 28.2 Å². The number of phenols is 1. The second-order valence-electron chi connectivity index (χ2n) is 5.53. The minimum atomic E-state index is 0. The second kappa shape index (κ2) is 15.1. The molecule has 0 saturated carbocycles. The molecule has 2 rings (SSSR count). The Kier molecular flexibility index (Phi) is 15.8. The van der Waals surface area contributed by atoms with Gasteiger partial charge in [-0.15, -0.1) is 12.2 Å². The molecule has 0 fully saturated rings. The van der Waals surface area contributed by atoms with Crippen molar-refractivity contribution in [2.45, 2.75) is 27.3 Å². The zero-order valence-corrected chi connectivity index (χ0v) is 18.9. The standard InChI is InChI=1S/C16H18NO.2C2H6N.Zr/c1-11-6-4-7-12(2)15(11)17-10-14-9-5-8-13(3)16(14)18;2*1-3-2;/h4-9,18H,10H2,1-3H3;2*1-2H3;/q3*-1;+3. The van der Waals surface area contributed by atoms with Gasteiger partial charge in [0.05, 0.1) is 0 Å². The Bertz CT molecular complexity index is 581. The molecule has 2 aromatic carbocycles. The molecule has 0 aromatic heterocycles. The normalized spacial score (nSPS) is 8.92. The smallest absolute Gasteiger partial charge is 0.680 e. The average molecular weight is 420 g/mol. The van der Waals surface area contributed by atoms with Crippen LogP contribution >= 0.6 is 0 Å². The second-order valence-corrected chi connectivity index (χ2v) is 5.53. The quantitative estimate of drug-likeness (QED) is 0.675. The summed E-state index contributed by atoms with van der Waals surface area (Å²) in [5.41, 5.74) is 5.13. The average Bonchev–Trinajstić information content (AvgIpc) is 2.52. The molecule has 0 heterocycles. The molecule has 0 unspecified atom stereocenters. The van der Waals surface area contributed by atoms with E-state index in [0.717, 1.165) is 16.8 Å². The molecule has 0 saturated heterocycles. The molecule has 0 aliphatic heterocycles. The third-order valence-corrected chi connectivity index (χ3v) is 3.17. The van der Waals surface area contributed by atoms with Crippen molar-refractivity contribution >= 4 is 5.69 Å². The molecule has 1 N–H and O–H groups in total. The van der Waals surface area contributed by atoms with E-state index in [1.807, 2.05) is 31.2 Å². The van der Waals surface area contributed by atoms with Gasteiger partial charge in [-0.1, -0.05) is 47.5 Å². The fourth-order valence-corrected chi connectivity index (χ4v) is 2.07. The summed E-state index contributed by atoms with van der Waals surface area (Å²) >= 11 is 0. The van der Waals surface area contributed by atoms with Crippen molar-refractivity contribution in [2.75, 3.05) is 28.2 Å². The first-order chi connectivity index (χ1) is 11.4. The van der Waals surface area contributed by atoms with Gasteiger partial charge in [-0.25, -0.2) is 0 Å². The third kappa shape index (κ3) is 9.79. The number of hydrogen-bond acceptors (Lipinski definition) is 1. The first-order valence-electron chi connectivity index (χ1n) is 7.89. The molecule has 25 heavy (non-hydrogen) atoms. The SMILES string of the molecule is C[N-]C.C[N-]C.Cc1cccc(C[N-]c2c(C)cccc2C)c1O.[Zr+3]. The summed E-state index contributed by atoms with van der Waals surface area (Å²) in [6.07, 6.45) is 0. The van der Waals surface area contributed by atoms with Gasteiger partial charge in [0.1, 0.15) is 5.75 Å². The van der Waals surface area contributed by atoms with E-state index in [1.165, 1.54) is 11.1 Å². The summed E-state index contributed by atoms with van der Waals surface area (Å²) in [7, 11) is 7.00. The number of rotatable bonds is 3. The molecule has 1 radical (unpaired) electrons. The van der Waals surface area contributed by atoms with Gasteiger partial charge < -0.3 is 21.1 Å². The minimum absolute atomic E-state index is 0. The predicted molar refractivity (Wildman–Crippen MR) is 106 cm³/mol. The largest absolute Gasteiger partial charge is 3.00 e. The minimum Gasteiger partial charge on any atom is -0.680 e. The van der Waals surface area contributed by atoms with E-state index in [-0.39, 0.29) is 26.2 Å². The monoisotopic (exact) mass is 418 g/mol. The maximum atomic E-state index is 9.95. The van der Waals surface area contributed by atoms with Crippen LogP contribution in [0.15, 0.2) is 36.4 Å². The van der Waals surface area contributed by atoms with Crippen molar-refractivity contribution < 1.29 is 31.3 Å². The van der Waals surface area contributed by atoms with Crippen LogP contribution in [0.1, 0.15) is 22.3 Å². The van der Waals surface area contributed by atoms with E-state index < -0.39 is 0 Å². The Hall–Kier alpha value is -1.16. The Labute approximate surface area is 172 Å². The van der Waals surface area contributed by atoms with Gasteiger partial charge in [0.2, 0.25) is 0 Å². The molecule has 5 heteroatoms. The van der Waals surface area contributed by atoms with Crippen molar-refractivity contribution in [1.82, 2.24) is 0 Å². The maximum Gasteiger partial charge on any atom is 3.00 e. The first-order valence-corrected chi connectivity index (χ1v) is 7.89. The topological polar surface area (TPSA) is 62.5 Å². The number of benzene rings is 2. The van der Waals surface area contributed by atoms with Crippen molar-refractivity contribution in [3.05, 3.63) is 74.6 Å². The van der Waals surface area contributed by atoms with Crippen LogP contribution in [0.4, 0.5) is 5.69 Å². The van der Waals surface area contributed by atoms with Gasteiger partial charge in [-0.2, -0.15) is 28.2 Å². The van der Waals surface area contributed by atoms with Gasteiger partial charge in [-0.05, 0) is 31.9 Å². The van der Waals surface area contributed by atoms with Crippen molar-refractivity contribution in [2.24, 2.45) is 0 Å². The van der Waals surface area contributed by atoms with E-state index >= 15 is 0 Å². The molecule has 0 spiro atoms. The number of phenolic OH excluding ortho intramolecular Hbond substituents is 1.